The summed E-state index contributed by atoms with van der Waals surface area (Å²) in [6.07, 6.45) is 0.766. The monoisotopic (exact) mass is 233 g/mol. The van der Waals surface area contributed by atoms with Gasteiger partial charge in [-0.05, 0) is 30.3 Å². The molecule has 1 aromatic heterocycles. The Morgan fingerprint density at radius 2 is 2.44 bits per heavy atom. The van der Waals surface area contributed by atoms with Gasteiger partial charge in [-0.2, -0.15) is 5.26 Å². The van der Waals surface area contributed by atoms with E-state index in [0.717, 1.165) is 11.9 Å². The number of fused-ring (bicyclic) bond motifs is 1. The number of thioether (sulfide) groups is 1. The van der Waals surface area contributed by atoms with E-state index in [2.05, 4.69) is 11.1 Å². The van der Waals surface area contributed by atoms with Crippen molar-refractivity contribution < 1.29 is 4.42 Å². The highest BCUT2D eigenvalue weighted by Crippen LogP contribution is 2.28. The van der Waals surface area contributed by atoms with E-state index in [1.165, 1.54) is 11.8 Å². The molecule has 1 aromatic carbocycles. The van der Waals surface area contributed by atoms with Crippen molar-refractivity contribution in [2.75, 3.05) is 5.73 Å². The smallest absolute Gasteiger partial charge is 0.258 e. The zero-order chi connectivity index (χ0) is 11.5. The van der Waals surface area contributed by atoms with Crippen molar-refractivity contribution in [2.24, 2.45) is 0 Å². The van der Waals surface area contributed by atoms with Crippen LogP contribution in [0.4, 0.5) is 5.69 Å². The predicted molar refractivity (Wildman–Crippen MR) is 64.0 cm³/mol. The largest absolute Gasteiger partial charge is 0.431 e. The summed E-state index contributed by atoms with van der Waals surface area (Å²) in [6, 6.07) is 7.52. The molecular weight excluding hydrogens is 222 g/mol. The zero-order valence-corrected chi connectivity index (χ0v) is 9.62. The maximum Gasteiger partial charge on any atom is 0.258 e. The molecule has 0 bridgehead atoms. The van der Waals surface area contributed by atoms with Crippen LogP contribution in [0.25, 0.3) is 11.1 Å². The third-order valence-corrected chi connectivity index (χ3v) is 3.25. The Labute approximate surface area is 97.4 Å². The molecule has 2 N–H and O–H groups in total. The van der Waals surface area contributed by atoms with Gasteiger partial charge in [-0.3, -0.25) is 0 Å². The van der Waals surface area contributed by atoms with Crippen LogP contribution >= 0.6 is 11.8 Å². The van der Waals surface area contributed by atoms with E-state index in [-0.39, 0.29) is 5.25 Å². The molecule has 0 spiro atoms. The van der Waals surface area contributed by atoms with E-state index in [0.29, 0.717) is 16.5 Å². The van der Waals surface area contributed by atoms with Crippen LogP contribution < -0.4 is 5.73 Å². The van der Waals surface area contributed by atoms with Gasteiger partial charge in [0.25, 0.3) is 5.22 Å². The molecule has 0 saturated carbocycles. The van der Waals surface area contributed by atoms with Crippen LogP contribution in [-0.2, 0) is 0 Å². The lowest BCUT2D eigenvalue weighted by molar-refractivity contribution is 0.489. The Morgan fingerprint density at radius 3 is 3.12 bits per heavy atom. The standard InChI is InChI=1S/C11H11N3OS/c1-2-8(6-12)16-11-14-9-4-3-7(13)5-10(9)15-11/h3-5,8H,2,13H2,1H3. The van der Waals surface area contributed by atoms with Crippen molar-refractivity contribution in [3.8, 4) is 6.07 Å². The third kappa shape index (κ3) is 2.12. The van der Waals surface area contributed by atoms with E-state index in [4.69, 9.17) is 15.4 Å². The van der Waals surface area contributed by atoms with Crippen molar-refractivity contribution in [1.29, 1.82) is 5.26 Å². The van der Waals surface area contributed by atoms with Crippen molar-refractivity contribution in [3.05, 3.63) is 18.2 Å². The number of nitrogen functional groups attached to an aromatic ring is 1. The number of benzene rings is 1. The first-order valence-electron chi connectivity index (χ1n) is 4.95. The highest BCUT2D eigenvalue weighted by atomic mass is 32.2. The fraction of sp³-hybridized carbons (Fsp3) is 0.273. The van der Waals surface area contributed by atoms with E-state index in [9.17, 15) is 0 Å². The summed E-state index contributed by atoms with van der Waals surface area (Å²) in [5.74, 6) is 0. The quantitative estimate of drug-likeness (QED) is 0.651. The molecular formula is C11H11N3OS. The van der Waals surface area contributed by atoms with Gasteiger partial charge in [-0.15, -0.1) is 0 Å². The Hall–Kier alpha value is -1.67. The summed E-state index contributed by atoms with van der Waals surface area (Å²) in [5, 5.41) is 9.25. The molecule has 4 nitrogen and oxygen atoms in total. The maximum absolute atomic E-state index is 8.85. The van der Waals surface area contributed by atoms with Gasteiger partial charge < -0.3 is 10.2 Å². The predicted octanol–water partition coefficient (Wildman–Crippen LogP) is 2.80. The SMILES string of the molecule is CCC(C#N)Sc1nc2ccc(N)cc2o1. The highest BCUT2D eigenvalue weighted by Gasteiger charge is 2.12. The van der Waals surface area contributed by atoms with Gasteiger partial charge in [0, 0.05) is 11.8 Å². The average Bonchev–Trinajstić information content (AvgIpc) is 2.67. The first-order chi connectivity index (χ1) is 7.72. The van der Waals surface area contributed by atoms with E-state index >= 15 is 0 Å². The van der Waals surface area contributed by atoms with Crippen molar-refractivity contribution >= 4 is 28.5 Å². The molecule has 0 radical (unpaired) electrons. The number of hydrogen-bond donors (Lipinski definition) is 1. The molecule has 2 rings (SSSR count). The van der Waals surface area contributed by atoms with E-state index < -0.39 is 0 Å². The Bertz CT molecular complexity index is 544. The summed E-state index contributed by atoms with van der Waals surface area (Å²) in [5.41, 5.74) is 7.72. The molecule has 1 heterocycles. The highest BCUT2D eigenvalue weighted by molar-refractivity contribution is 7.99. The van der Waals surface area contributed by atoms with Crippen LogP contribution in [0.15, 0.2) is 27.8 Å². The molecule has 0 amide bonds. The van der Waals surface area contributed by atoms with Crippen molar-refractivity contribution in [3.63, 3.8) is 0 Å². The number of hydrogen-bond acceptors (Lipinski definition) is 5. The third-order valence-electron chi connectivity index (χ3n) is 2.15. The van der Waals surface area contributed by atoms with E-state index in [1.807, 2.05) is 13.0 Å². The summed E-state index contributed by atoms with van der Waals surface area (Å²) in [7, 11) is 0. The molecule has 0 aliphatic rings. The summed E-state index contributed by atoms with van der Waals surface area (Å²) >= 11 is 1.34. The molecule has 0 fully saturated rings. The second-order valence-corrected chi connectivity index (χ2v) is 4.50. The fourth-order valence-electron chi connectivity index (χ4n) is 1.29. The number of nitriles is 1. The Morgan fingerprint density at radius 1 is 1.62 bits per heavy atom. The Balaban J connectivity index is 2.30. The topological polar surface area (TPSA) is 75.8 Å². The lowest BCUT2D eigenvalue weighted by Crippen LogP contribution is -1.94. The average molecular weight is 233 g/mol. The molecule has 5 heteroatoms. The second-order valence-electron chi connectivity index (χ2n) is 3.35. The van der Waals surface area contributed by atoms with Gasteiger partial charge >= 0.3 is 0 Å². The molecule has 2 aromatic rings. The summed E-state index contributed by atoms with van der Waals surface area (Å²) in [6.45, 7) is 1.96. The maximum atomic E-state index is 8.85. The van der Waals surface area contributed by atoms with Gasteiger partial charge in [0.05, 0.1) is 6.07 Å². The van der Waals surface area contributed by atoms with Gasteiger partial charge in [0.15, 0.2) is 5.58 Å². The van der Waals surface area contributed by atoms with Crippen LogP contribution in [0.2, 0.25) is 0 Å². The zero-order valence-electron chi connectivity index (χ0n) is 8.80. The molecule has 0 aliphatic heterocycles. The van der Waals surface area contributed by atoms with Crippen LogP contribution in [-0.4, -0.2) is 10.2 Å². The lowest BCUT2D eigenvalue weighted by Gasteiger charge is -1.99. The van der Waals surface area contributed by atoms with Crippen molar-refractivity contribution in [2.45, 2.75) is 23.8 Å². The van der Waals surface area contributed by atoms with E-state index in [1.54, 1.807) is 12.1 Å². The van der Waals surface area contributed by atoms with Crippen LogP contribution in [0, 0.1) is 11.3 Å². The van der Waals surface area contributed by atoms with Crippen LogP contribution in [0.3, 0.4) is 0 Å². The summed E-state index contributed by atoms with van der Waals surface area (Å²) < 4.78 is 5.50. The van der Waals surface area contributed by atoms with Crippen molar-refractivity contribution in [1.82, 2.24) is 4.98 Å². The van der Waals surface area contributed by atoms with Gasteiger partial charge in [0.2, 0.25) is 0 Å². The second kappa shape index (κ2) is 4.45. The number of oxazole rings is 1. The number of nitrogens with two attached hydrogens (primary N) is 1. The van der Waals surface area contributed by atoms with Gasteiger partial charge in [-0.1, -0.05) is 6.92 Å². The molecule has 16 heavy (non-hydrogen) atoms. The normalized spacial score (nSPS) is 12.5. The molecule has 1 atom stereocenters. The van der Waals surface area contributed by atoms with Gasteiger partial charge in [0.1, 0.15) is 10.8 Å². The number of nitrogens with zero attached hydrogens (tertiary/aromatic N) is 2. The molecule has 0 aliphatic carbocycles. The fourth-order valence-corrected chi connectivity index (χ4v) is 2.04. The minimum atomic E-state index is -0.120. The molecule has 82 valence electrons. The number of anilines is 1. The van der Waals surface area contributed by atoms with Crippen LogP contribution in [0.5, 0.6) is 0 Å². The number of aromatic nitrogens is 1. The first-order valence-corrected chi connectivity index (χ1v) is 5.83. The van der Waals surface area contributed by atoms with Gasteiger partial charge in [-0.25, -0.2) is 4.98 Å². The molecule has 0 saturated heterocycles. The van der Waals surface area contributed by atoms with Crippen LogP contribution in [0.1, 0.15) is 13.3 Å². The lowest BCUT2D eigenvalue weighted by atomic mass is 10.3. The molecule has 1 unspecified atom stereocenters. The minimum Gasteiger partial charge on any atom is -0.431 e. The first kappa shape index (κ1) is 10.8. The number of rotatable bonds is 3. The Kier molecular flexibility index (Phi) is 3.02. The minimum absolute atomic E-state index is 0.120. The summed E-state index contributed by atoms with van der Waals surface area (Å²) in [4.78, 5) is 4.28.